The van der Waals surface area contributed by atoms with Crippen LogP contribution in [0.15, 0.2) is 42.9 Å². The summed E-state index contributed by atoms with van der Waals surface area (Å²) in [4.78, 5) is 26.6. The third-order valence-corrected chi connectivity index (χ3v) is 7.32. The SMILES string of the molecule is Cc1cc(Nc2nc(-c3ccc4c(c3)NC(=O)C43CCNCC3)cc3ncn(C(C)C)c23)c(F)cn1. The number of piperidine rings is 1. The predicted octanol–water partition coefficient (Wildman–Crippen LogP) is 4.84. The number of carbonyl (C=O) groups excluding carboxylic acids is 1. The molecular weight excluding hydrogens is 457 g/mol. The van der Waals surface area contributed by atoms with Crippen LogP contribution in [-0.4, -0.2) is 38.5 Å². The third-order valence-electron chi connectivity index (χ3n) is 7.32. The van der Waals surface area contributed by atoms with Crippen molar-refractivity contribution in [2.24, 2.45) is 0 Å². The summed E-state index contributed by atoms with van der Waals surface area (Å²) in [7, 11) is 0. The van der Waals surface area contributed by atoms with Gasteiger partial charge in [-0.2, -0.15) is 0 Å². The molecule has 0 aliphatic carbocycles. The number of pyridine rings is 2. The molecule has 1 fully saturated rings. The van der Waals surface area contributed by atoms with Crippen molar-refractivity contribution in [3.63, 3.8) is 0 Å². The molecule has 1 amide bonds. The number of fused-ring (bicyclic) bond motifs is 3. The number of hydrogen-bond donors (Lipinski definition) is 3. The zero-order valence-corrected chi connectivity index (χ0v) is 20.5. The average Bonchev–Trinajstić information content (AvgIpc) is 3.41. The van der Waals surface area contributed by atoms with E-state index in [9.17, 15) is 9.18 Å². The van der Waals surface area contributed by atoms with E-state index in [2.05, 4.69) is 39.8 Å². The number of imidazole rings is 1. The van der Waals surface area contributed by atoms with E-state index >= 15 is 0 Å². The Labute approximate surface area is 208 Å². The second-order valence-electron chi connectivity index (χ2n) is 9.95. The van der Waals surface area contributed by atoms with E-state index in [1.165, 1.54) is 6.20 Å². The van der Waals surface area contributed by atoms with Crippen LogP contribution in [0.5, 0.6) is 0 Å². The van der Waals surface area contributed by atoms with E-state index in [0.29, 0.717) is 22.9 Å². The first-order valence-electron chi connectivity index (χ1n) is 12.3. The normalized spacial score (nSPS) is 16.5. The van der Waals surface area contributed by atoms with E-state index in [1.54, 1.807) is 12.4 Å². The smallest absolute Gasteiger partial charge is 0.235 e. The van der Waals surface area contributed by atoms with Gasteiger partial charge in [0.2, 0.25) is 5.91 Å². The van der Waals surface area contributed by atoms with Gasteiger partial charge in [-0.1, -0.05) is 12.1 Å². The summed E-state index contributed by atoms with van der Waals surface area (Å²) in [5.41, 5.74) is 5.52. The first-order valence-corrected chi connectivity index (χ1v) is 12.3. The minimum Gasteiger partial charge on any atom is -0.336 e. The van der Waals surface area contributed by atoms with Crippen LogP contribution in [0.25, 0.3) is 22.3 Å². The van der Waals surface area contributed by atoms with Crippen molar-refractivity contribution in [2.45, 2.75) is 45.1 Å². The van der Waals surface area contributed by atoms with Gasteiger partial charge in [0.15, 0.2) is 11.6 Å². The number of aromatic nitrogens is 4. The Hall–Kier alpha value is -3.85. The lowest BCUT2D eigenvalue weighted by atomic mass is 9.74. The Morgan fingerprint density at radius 3 is 2.72 bits per heavy atom. The molecule has 5 heterocycles. The predicted molar refractivity (Wildman–Crippen MR) is 138 cm³/mol. The lowest BCUT2D eigenvalue weighted by molar-refractivity contribution is -0.121. The van der Waals surface area contributed by atoms with Crippen LogP contribution < -0.4 is 16.0 Å². The van der Waals surface area contributed by atoms with E-state index in [-0.39, 0.29) is 11.9 Å². The molecule has 1 aromatic carbocycles. The van der Waals surface area contributed by atoms with Crippen LogP contribution in [0.1, 0.15) is 44.0 Å². The standard InChI is InChI=1S/C27H28FN7O/c1-15(2)35-14-31-23-12-20(32-25(24(23)35)33-22-10-16(3)30-13-19(22)28)17-4-5-18-21(11-17)34-26(36)27(18)6-8-29-9-7-27/h4-5,10-15,29H,6-9H2,1-3H3,(H,34,36)(H,30,32,33). The minimum absolute atomic E-state index is 0.0705. The Bertz CT molecular complexity index is 1500. The van der Waals surface area contributed by atoms with E-state index in [4.69, 9.17) is 4.98 Å². The highest BCUT2D eigenvalue weighted by Crippen LogP contribution is 2.45. The molecule has 1 spiro atoms. The first-order chi connectivity index (χ1) is 17.4. The van der Waals surface area contributed by atoms with Crippen LogP contribution in [0.2, 0.25) is 0 Å². The largest absolute Gasteiger partial charge is 0.336 e. The highest BCUT2D eigenvalue weighted by Gasteiger charge is 2.47. The molecule has 6 rings (SSSR count). The second kappa shape index (κ2) is 8.37. The minimum atomic E-state index is -0.462. The van der Waals surface area contributed by atoms with Gasteiger partial charge in [-0.3, -0.25) is 9.78 Å². The molecular formula is C27H28FN7O. The molecule has 8 nitrogen and oxygen atoms in total. The summed E-state index contributed by atoms with van der Waals surface area (Å²) in [6.07, 6.45) is 4.56. The van der Waals surface area contributed by atoms with Crippen molar-refractivity contribution in [3.8, 4) is 11.3 Å². The number of benzene rings is 1. The average molecular weight is 486 g/mol. The maximum atomic E-state index is 14.6. The molecule has 36 heavy (non-hydrogen) atoms. The molecule has 1 saturated heterocycles. The fourth-order valence-electron chi connectivity index (χ4n) is 5.39. The van der Waals surface area contributed by atoms with Gasteiger partial charge >= 0.3 is 0 Å². The number of nitrogens with one attached hydrogen (secondary N) is 3. The molecule has 2 aliphatic heterocycles. The van der Waals surface area contributed by atoms with E-state index < -0.39 is 11.2 Å². The fourth-order valence-corrected chi connectivity index (χ4v) is 5.39. The van der Waals surface area contributed by atoms with Crippen molar-refractivity contribution in [1.29, 1.82) is 0 Å². The van der Waals surface area contributed by atoms with Gasteiger partial charge in [-0.15, -0.1) is 0 Å². The maximum Gasteiger partial charge on any atom is 0.235 e. The summed E-state index contributed by atoms with van der Waals surface area (Å²) in [5.74, 6) is 0.128. The summed E-state index contributed by atoms with van der Waals surface area (Å²) in [6, 6.07) is 9.78. The molecule has 4 aromatic rings. The molecule has 184 valence electrons. The van der Waals surface area contributed by atoms with Crippen LogP contribution in [0.4, 0.5) is 21.6 Å². The molecule has 3 N–H and O–H groups in total. The molecule has 0 radical (unpaired) electrons. The van der Waals surface area contributed by atoms with Gasteiger partial charge in [0, 0.05) is 23.0 Å². The summed E-state index contributed by atoms with van der Waals surface area (Å²) in [6.45, 7) is 7.60. The van der Waals surface area contributed by atoms with Gasteiger partial charge in [-0.25, -0.2) is 14.4 Å². The van der Waals surface area contributed by atoms with Gasteiger partial charge < -0.3 is 20.5 Å². The fraction of sp³-hybridized carbons (Fsp3) is 0.333. The first kappa shape index (κ1) is 22.6. The van der Waals surface area contributed by atoms with Gasteiger partial charge in [-0.05, 0) is 70.5 Å². The van der Waals surface area contributed by atoms with Crippen LogP contribution >= 0.6 is 0 Å². The summed E-state index contributed by atoms with van der Waals surface area (Å²) < 4.78 is 16.6. The number of amides is 1. The molecule has 0 atom stereocenters. The zero-order valence-electron chi connectivity index (χ0n) is 20.5. The molecule has 2 aliphatic rings. The molecule has 3 aromatic heterocycles. The lowest BCUT2D eigenvalue weighted by Crippen LogP contribution is -2.44. The number of anilines is 3. The van der Waals surface area contributed by atoms with E-state index in [1.807, 2.05) is 35.8 Å². The summed E-state index contributed by atoms with van der Waals surface area (Å²) >= 11 is 0. The maximum absolute atomic E-state index is 14.6. The number of rotatable bonds is 4. The van der Waals surface area contributed by atoms with Crippen LogP contribution in [0.3, 0.4) is 0 Å². The number of carbonyl (C=O) groups is 1. The molecule has 9 heteroatoms. The summed E-state index contributed by atoms with van der Waals surface area (Å²) in [5, 5.41) is 9.64. The zero-order chi connectivity index (χ0) is 25.0. The van der Waals surface area contributed by atoms with Crippen LogP contribution in [0, 0.1) is 12.7 Å². The molecule has 0 saturated carbocycles. The molecule has 0 unspecified atom stereocenters. The quantitative estimate of drug-likeness (QED) is 0.383. The van der Waals surface area contributed by atoms with Gasteiger partial charge in [0.25, 0.3) is 0 Å². The van der Waals surface area contributed by atoms with Crippen molar-refractivity contribution < 1.29 is 9.18 Å². The number of nitrogens with zero attached hydrogens (tertiary/aromatic N) is 4. The van der Waals surface area contributed by atoms with Crippen molar-refractivity contribution in [1.82, 2.24) is 24.8 Å². The highest BCUT2D eigenvalue weighted by molar-refractivity contribution is 6.07. The number of aryl methyl sites for hydroxylation is 1. The monoisotopic (exact) mass is 485 g/mol. The van der Waals surface area contributed by atoms with Crippen molar-refractivity contribution in [3.05, 3.63) is 59.9 Å². The highest BCUT2D eigenvalue weighted by atomic mass is 19.1. The molecule has 0 bridgehead atoms. The lowest BCUT2D eigenvalue weighted by Gasteiger charge is -2.32. The van der Waals surface area contributed by atoms with E-state index in [0.717, 1.165) is 53.8 Å². The topological polar surface area (TPSA) is 96.8 Å². The number of halogens is 1. The second-order valence-corrected chi connectivity index (χ2v) is 9.95. The third kappa shape index (κ3) is 3.53. The Morgan fingerprint density at radius 1 is 1.14 bits per heavy atom. The van der Waals surface area contributed by atoms with Crippen molar-refractivity contribution in [2.75, 3.05) is 23.7 Å². The number of hydrogen-bond acceptors (Lipinski definition) is 6. The van der Waals surface area contributed by atoms with Crippen LogP contribution in [-0.2, 0) is 10.2 Å². The Kier molecular flexibility index (Phi) is 5.26. The Morgan fingerprint density at radius 2 is 1.94 bits per heavy atom. The van der Waals surface area contributed by atoms with Gasteiger partial charge in [0.05, 0.1) is 34.8 Å². The van der Waals surface area contributed by atoms with Crippen molar-refractivity contribution >= 4 is 34.1 Å². The Balaban J connectivity index is 1.47. The van der Waals surface area contributed by atoms with Gasteiger partial charge in [0.1, 0.15) is 5.52 Å².